The molecule has 0 atom stereocenters. The Morgan fingerprint density at radius 2 is 1.85 bits per heavy atom. The molecule has 0 fully saturated rings. The van der Waals surface area contributed by atoms with Crippen LogP contribution in [0.2, 0.25) is 0 Å². The molecule has 0 unspecified atom stereocenters. The van der Waals surface area contributed by atoms with Crippen LogP contribution in [0.15, 0.2) is 60.8 Å². The van der Waals surface area contributed by atoms with Gasteiger partial charge in [0.15, 0.2) is 0 Å². The largest absolute Gasteiger partial charge is 0.367 e. The van der Waals surface area contributed by atoms with Gasteiger partial charge in [0.25, 0.3) is 5.91 Å². The highest BCUT2D eigenvalue weighted by atomic mass is 16.1. The molecule has 0 radical (unpaired) electrons. The summed E-state index contributed by atoms with van der Waals surface area (Å²) < 4.78 is 0. The molecule has 0 saturated carbocycles. The maximum atomic E-state index is 12.7. The molecular weight excluding hydrogens is 334 g/mol. The number of carbonyl (C=O) groups is 1. The number of nitrogens with one attached hydrogen (secondary N) is 1. The molecule has 0 saturated heterocycles. The Bertz CT molecular complexity index is 996. The van der Waals surface area contributed by atoms with Crippen LogP contribution < -0.4 is 10.2 Å². The lowest BCUT2D eigenvalue weighted by atomic mass is 9.99. The number of pyridine rings is 1. The molecule has 0 aliphatic carbocycles. The molecule has 3 aromatic rings. The maximum Gasteiger partial charge on any atom is 0.274 e. The molecule has 4 heteroatoms. The number of fused-ring (bicyclic) bond motifs is 1. The zero-order chi connectivity index (χ0) is 18.8. The number of aryl methyl sites for hydroxylation is 2. The number of carbonyl (C=O) groups excluding carboxylic acids is 1. The lowest BCUT2D eigenvalue weighted by molar-refractivity contribution is 0.102. The van der Waals surface area contributed by atoms with E-state index in [4.69, 9.17) is 0 Å². The van der Waals surface area contributed by atoms with Crippen LogP contribution in [-0.2, 0) is 13.0 Å². The Balaban J connectivity index is 1.54. The van der Waals surface area contributed by atoms with Gasteiger partial charge < -0.3 is 10.2 Å². The van der Waals surface area contributed by atoms with Gasteiger partial charge in [-0.25, -0.2) is 0 Å². The van der Waals surface area contributed by atoms with Gasteiger partial charge >= 0.3 is 0 Å². The monoisotopic (exact) mass is 357 g/mol. The van der Waals surface area contributed by atoms with Gasteiger partial charge in [0, 0.05) is 30.7 Å². The fourth-order valence-electron chi connectivity index (χ4n) is 3.51. The summed E-state index contributed by atoms with van der Waals surface area (Å²) in [5, 5.41) is 2.99. The van der Waals surface area contributed by atoms with Gasteiger partial charge in [-0.15, -0.1) is 0 Å². The number of anilines is 2. The van der Waals surface area contributed by atoms with Crippen LogP contribution in [0.3, 0.4) is 0 Å². The summed E-state index contributed by atoms with van der Waals surface area (Å²) in [5.41, 5.74) is 7.22. The molecule has 2 aromatic carbocycles. The molecule has 136 valence electrons. The molecule has 4 rings (SSSR count). The van der Waals surface area contributed by atoms with E-state index in [1.54, 1.807) is 6.20 Å². The minimum absolute atomic E-state index is 0.178. The van der Waals surface area contributed by atoms with Gasteiger partial charge in [0.1, 0.15) is 5.69 Å². The van der Waals surface area contributed by atoms with Crippen LogP contribution >= 0.6 is 0 Å². The standard InChI is InChI=1S/C23H23N3O/c1-16-7-8-17(2)21(13-16)25-23(27)22-14-20(9-11-24-22)26-12-10-18-5-3-4-6-19(18)15-26/h3-9,11,13-14H,10,12,15H2,1-2H3,(H,25,27). The molecule has 1 aliphatic rings. The second-order valence-corrected chi connectivity index (χ2v) is 7.11. The second-order valence-electron chi connectivity index (χ2n) is 7.11. The number of amides is 1. The third-order valence-corrected chi connectivity index (χ3v) is 5.11. The van der Waals surface area contributed by atoms with Crippen LogP contribution in [0.4, 0.5) is 11.4 Å². The van der Waals surface area contributed by atoms with E-state index >= 15 is 0 Å². The van der Waals surface area contributed by atoms with Crippen molar-refractivity contribution in [3.05, 3.63) is 88.7 Å². The first-order valence-electron chi connectivity index (χ1n) is 9.26. The number of hydrogen-bond acceptors (Lipinski definition) is 3. The Kier molecular flexibility index (Phi) is 4.63. The van der Waals surface area contributed by atoms with E-state index in [1.165, 1.54) is 11.1 Å². The van der Waals surface area contributed by atoms with E-state index < -0.39 is 0 Å². The zero-order valence-electron chi connectivity index (χ0n) is 15.7. The van der Waals surface area contributed by atoms with Crippen molar-refractivity contribution in [2.45, 2.75) is 26.8 Å². The molecular formula is C23H23N3O. The number of hydrogen-bond donors (Lipinski definition) is 1. The van der Waals surface area contributed by atoms with Gasteiger partial charge in [-0.1, -0.05) is 36.4 Å². The van der Waals surface area contributed by atoms with E-state index in [2.05, 4.69) is 39.5 Å². The summed E-state index contributed by atoms with van der Waals surface area (Å²) in [5.74, 6) is -0.178. The molecule has 1 aromatic heterocycles. The predicted molar refractivity (Wildman–Crippen MR) is 109 cm³/mol. The Morgan fingerprint density at radius 1 is 1.04 bits per heavy atom. The van der Waals surface area contributed by atoms with Crippen LogP contribution in [0.25, 0.3) is 0 Å². The minimum atomic E-state index is -0.178. The number of nitrogens with zero attached hydrogens (tertiary/aromatic N) is 2. The van der Waals surface area contributed by atoms with Crippen LogP contribution in [-0.4, -0.2) is 17.4 Å². The first kappa shape index (κ1) is 17.3. The Hall–Kier alpha value is -3.14. The normalized spacial score (nSPS) is 13.2. The molecule has 1 aliphatic heterocycles. The summed E-state index contributed by atoms with van der Waals surface area (Å²) in [7, 11) is 0. The molecule has 2 heterocycles. The van der Waals surface area contributed by atoms with E-state index in [0.717, 1.165) is 42.0 Å². The average Bonchev–Trinajstić information content (AvgIpc) is 2.70. The topological polar surface area (TPSA) is 45.2 Å². The Morgan fingerprint density at radius 3 is 2.70 bits per heavy atom. The van der Waals surface area contributed by atoms with Crippen molar-refractivity contribution in [2.24, 2.45) is 0 Å². The summed E-state index contributed by atoms with van der Waals surface area (Å²) in [6.45, 7) is 5.81. The number of benzene rings is 2. The highest BCUT2D eigenvalue weighted by molar-refractivity contribution is 6.03. The third-order valence-electron chi connectivity index (χ3n) is 5.11. The minimum Gasteiger partial charge on any atom is -0.367 e. The quantitative estimate of drug-likeness (QED) is 0.750. The second kappa shape index (κ2) is 7.23. The molecule has 0 bridgehead atoms. The van der Waals surface area contributed by atoms with Gasteiger partial charge in [-0.2, -0.15) is 0 Å². The number of aromatic nitrogens is 1. The fourth-order valence-corrected chi connectivity index (χ4v) is 3.51. The molecule has 1 N–H and O–H groups in total. The average molecular weight is 357 g/mol. The van der Waals surface area contributed by atoms with Crippen molar-refractivity contribution < 1.29 is 4.79 Å². The summed E-state index contributed by atoms with van der Waals surface area (Å²) >= 11 is 0. The smallest absolute Gasteiger partial charge is 0.274 e. The molecule has 1 amide bonds. The summed E-state index contributed by atoms with van der Waals surface area (Å²) in [4.78, 5) is 19.3. The SMILES string of the molecule is Cc1ccc(C)c(NC(=O)c2cc(N3CCc4ccccc4C3)ccn2)c1. The van der Waals surface area contributed by atoms with Crippen molar-refractivity contribution in [3.8, 4) is 0 Å². The van der Waals surface area contributed by atoms with Crippen molar-refractivity contribution in [1.82, 2.24) is 4.98 Å². The first-order valence-corrected chi connectivity index (χ1v) is 9.26. The predicted octanol–water partition coefficient (Wildman–Crippen LogP) is 4.51. The van der Waals surface area contributed by atoms with E-state index in [-0.39, 0.29) is 5.91 Å². The zero-order valence-corrected chi connectivity index (χ0v) is 15.7. The highest BCUT2D eigenvalue weighted by Crippen LogP contribution is 2.25. The fraction of sp³-hybridized carbons (Fsp3) is 0.217. The highest BCUT2D eigenvalue weighted by Gasteiger charge is 2.18. The molecule has 0 spiro atoms. The first-order chi connectivity index (χ1) is 13.1. The Labute approximate surface area is 159 Å². The van der Waals surface area contributed by atoms with E-state index in [0.29, 0.717) is 5.69 Å². The molecule has 4 nitrogen and oxygen atoms in total. The van der Waals surface area contributed by atoms with Gasteiger partial charge in [0.2, 0.25) is 0 Å². The lowest BCUT2D eigenvalue weighted by Crippen LogP contribution is -2.30. The summed E-state index contributed by atoms with van der Waals surface area (Å²) in [6, 6.07) is 18.4. The van der Waals surface area contributed by atoms with E-state index in [1.807, 2.05) is 44.2 Å². The summed E-state index contributed by atoms with van der Waals surface area (Å²) in [6.07, 6.45) is 2.73. The van der Waals surface area contributed by atoms with Crippen molar-refractivity contribution in [2.75, 3.05) is 16.8 Å². The van der Waals surface area contributed by atoms with Crippen LogP contribution in [0, 0.1) is 13.8 Å². The maximum absolute atomic E-state index is 12.7. The van der Waals surface area contributed by atoms with Crippen LogP contribution in [0.1, 0.15) is 32.7 Å². The van der Waals surface area contributed by atoms with Gasteiger partial charge in [-0.05, 0) is 60.7 Å². The lowest BCUT2D eigenvalue weighted by Gasteiger charge is -2.30. The van der Waals surface area contributed by atoms with Gasteiger partial charge in [0.05, 0.1) is 0 Å². The molecule has 27 heavy (non-hydrogen) atoms. The van der Waals surface area contributed by atoms with E-state index in [9.17, 15) is 4.79 Å². The van der Waals surface area contributed by atoms with Gasteiger partial charge in [-0.3, -0.25) is 9.78 Å². The van der Waals surface area contributed by atoms with Crippen molar-refractivity contribution in [3.63, 3.8) is 0 Å². The number of rotatable bonds is 3. The van der Waals surface area contributed by atoms with Crippen molar-refractivity contribution in [1.29, 1.82) is 0 Å². The third kappa shape index (κ3) is 3.70. The van der Waals surface area contributed by atoms with Crippen molar-refractivity contribution >= 4 is 17.3 Å². The van der Waals surface area contributed by atoms with Crippen LogP contribution in [0.5, 0.6) is 0 Å².